The lowest BCUT2D eigenvalue weighted by Gasteiger charge is -2.37. The molecule has 0 fully saturated rings. The summed E-state index contributed by atoms with van der Waals surface area (Å²) in [5, 5.41) is 8.89. The van der Waals surface area contributed by atoms with Gasteiger partial charge in [0.15, 0.2) is 0 Å². The van der Waals surface area contributed by atoms with Gasteiger partial charge in [-0.1, -0.05) is 0 Å². The van der Waals surface area contributed by atoms with Gasteiger partial charge in [0.2, 0.25) is 0 Å². The number of aliphatic carboxylic acids is 1. The Morgan fingerprint density at radius 3 is 2.61 bits per heavy atom. The fourth-order valence-electron chi connectivity index (χ4n) is 1.74. The second-order valence-electron chi connectivity index (χ2n) is 4.76. The molecule has 0 radical (unpaired) electrons. The summed E-state index contributed by atoms with van der Waals surface area (Å²) >= 11 is 0. The molecule has 0 saturated carbocycles. The van der Waals surface area contributed by atoms with Crippen LogP contribution in [0.1, 0.15) is 20.3 Å². The third-order valence-electron chi connectivity index (χ3n) is 2.99. The van der Waals surface area contributed by atoms with Crippen LogP contribution >= 0.6 is 0 Å². The SMILES string of the molecule is COc1ccc(F)cc1N(C)C(C)(C)CC(=O)O. The molecule has 1 aromatic carbocycles. The zero-order valence-electron chi connectivity index (χ0n) is 11.0. The van der Waals surface area contributed by atoms with E-state index in [1.807, 2.05) is 0 Å². The van der Waals surface area contributed by atoms with Gasteiger partial charge in [0.1, 0.15) is 11.6 Å². The molecular weight excluding hydrogens is 237 g/mol. The van der Waals surface area contributed by atoms with Gasteiger partial charge in [0, 0.05) is 18.7 Å². The summed E-state index contributed by atoms with van der Waals surface area (Å²) in [6.45, 7) is 3.57. The predicted molar refractivity (Wildman–Crippen MR) is 67.7 cm³/mol. The first-order chi connectivity index (χ1) is 8.27. The van der Waals surface area contributed by atoms with Gasteiger partial charge in [0.25, 0.3) is 0 Å². The van der Waals surface area contributed by atoms with Crippen molar-refractivity contribution in [3.63, 3.8) is 0 Å². The molecule has 0 spiro atoms. The zero-order valence-corrected chi connectivity index (χ0v) is 11.0. The molecule has 0 aliphatic rings. The predicted octanol–water partition coefficient (Wildman–Crippen LogP) is 2.52. The number of rotatable bonds is 5. The summed E-state index contributed by atoms with van der Waals surface area (Å²) in [7, 11) is 3.22. The van der Waals surface area contributed by atoms with E-state index >= 15 is 0 Å². The molecule has 0 saturated heterocycles. The molecule has 0 aromatic heterocycles. The lowest BCUT2D eigenvalue weighted by molar-refractivity contribution is -0.138. The van der Waals surface area contributed by atoms with E-state index in [-0.39, 0.29) is 12.2 Å². The van der Waals surface area contributed by atoms with Gasteiger partial charge in [0.05, 0.1) is 19.2 Å². The Bertz CT molecular complexity index is 446. The highest BCUT2D eigenvalue weighted by Gasteiger charge is 2.28. The summed E-state index contributed by atoms with van der Waals surface area (Å²) in [6, 6.07) is 4.17. The Morgan fingerprint density at radius 1 is 1.50 bits per heavy atom. The number of hydrogen-bond donors (Lipinski definition) is 1. The molecule has 1 aromatic rings. The highest BCUT2D eigenvalue weighted by molar-refractivity contribution is 5.70. The smallest absolute Gasteiger partial charge is 0.305 e. The second kappa shape index (κ2) is 5.25. The van der Waals surface area contributed by atoms with Gasteiger partial charge in [-0.3, -0.25) is 4.79 Å². The van der Waals surface area contributed by atoms with Crippen molar-refractivity contribution < 1.29 is 19.0 Å². The minimum atomic E-state index is -0.901. The van der Waals surface area contributed by atoms with Crippen molar-refractivity contribution in [1.29, 1.82) is 0 Å². The van der Waals surface area contributed by atoms with Gasteiger partial charge >= 0.3 is 5.97 Å². The van der Waals surface area contributed by atoms with Crippen molar-refractivity contribution in [2.75, 3.05) is 19.1 Å². The molecule has 1 rings (SSSR count). The van der Waals surface area contributed by atoms with Gasteiger partial charge in [-0.2, -0.15) is 0 Å². The van der Waals surface area contributed by atoms with Crippen LogP contribution in [0.2, 0.25) is 0 Å². The number of carbonyl (C=O) groups is 1. The molecule has 0 heterocycles. The van der Waals surface area contributed by atoms with Crippen molar-refractivity contribution in [2.24, 2.45) is 0 Å². The van der Waals surface area contributed by atoms with Crippen LogP contribution in [0.15, 0.2) is 18.2 Å². The van der Waals surface area contributed by atoms with Crippen LogP contribution in [0.4, 0.5) is 10.1 Å². The van der Waals surface area contributed by atoms with Crippen LogP contribution in [-0.2, 0) is 4.79 Å². The molecule has 0 unspecified atom stereocenters. The first-order valence-electron chi connectivity index (χ1n) is 5.57. The lowest BCUT2D eigenvalue weighted by atomic mass is 9.98. The van der Waals surface area contributed by atoms with E-state index in [2.05, 4.69) is 0 Å². The Kier molecular flexibility index (Phi) is 4.16. The van der Waals surface area contributed by atoms with Crippen LogP contribution in [0.5, 0.6) is 5.75 Å². The van der Waals surface area contributed by atoms with Gasteiger partial charge in [-0.15, -0.1) is 0 Å². The van der Waals surface area contributed by atoms with E-state index < -0.39 is 11.5 Å². The first-order valence-corrected chi connectivity index (χ1v) is 5.57. The van der Waals surface area contributed by atoms with Crippen molar-refractivity contribution >= 4 is 11.7 Å². The molecule has 4 nitrogen and oxygen atoms in total. The normalized spacial score (nSPS) is 11.2. The van der Waals surface area contributed by atoms with Crippen molar-refractivity contribution in [2.45, 2.75) is 25.8 Å². The summed E-state index contributed by atoms with van der Waals surface area (Å²) in [5.74, 6) is -0.775. The highest BCUT2D eigenvalue weighted by Crippen LogP contribution is 2.33. The topological polar surface area (TPSA) is 49.8 Å². The fraction of sp³-hybridized carbons (Fsp3) is 0.462. The lowest BCUT2D eigenvalue weighted by Crippen LogP contribution is -2.43. The first kappa shape index (κ1) is 14.3. The summed E-state index contributed by atoms with van der Waals surface area (Å²) in [6.07, 6.45) is -0.0524. The van der Waals surface area contributed by atoms with Crippen molar-refractivity contribution in [3.05, 3.63) is 24.0 Å². The number of hydrogen-bond acceptors (Lipinski definition) is 3. The maximum absolute atomic E-state index is 13.3. The maximum Gasteiger partial charge on any atom is 0.305 e. The Morgan fingerprint density at radius 2 is 2.11 bits per heavy atom. The number of methoxy groups -OCH3 is 1. The summed E-state index contributed by atoms with van der Waals surface area (Å²) < 4.78 is 18.5. The van der Waals surface area contributed by atoms with Crippen LogP contribution < -0.4 is 9.64 Å². The molecule has 0 atom stereocenters. The summed E-state index contributed by atoms with van der Waals surface area (Å²) in [5.41, 5.74) is -0.115. The fourth-order valence-corrected chi connectivity index (χ4v) is 1.74. The summed E-state index contributed by atoms with van der Waals surface area (Å²) in [4.78, 5) is 12.6. The number of anilines is 1. The molecule has 0 amide bonds. The molecule has 0 aliphatic heterocycles. The monoisotopic (exact) mass is 255 g/mol. The average Bonchev–Trinajstić information content (AvgIpc) is 2.26. The number of benzene rings is 1. The van der Waals surface area contributed by atoms with E-state index in [1.165, 1.54) is 25.3 Å². The number of ether oxygens (including phenoxy) is 1. The minimum Gasteiger partial charge on any atom is -0.495 e. The Balaban J connectivity index is 3.12. The van der Waals surface area contributed by atoms with Gasteiger partial charge in [-0.05, 0) is 26.0 Å². The second-order valence-corrected chi connectivity index (χ2v) is 4.76. The average molecular weight is 255 g/mol. The van der Waals surface area contributed by atoms with E-state index in [1.54, 1.807) is 25.8 Å². The molecule has 0 aliphatic carbocycles. The molecule has 5 heteroatoms. The quantitative estimate of drug-likeness (QED) is 0.878. The third kappa shape index (κ3) is 3.12. The number of halogens is 1. The third-order valence-corrected chi connectivity index (χ3v) is 2.99. The minimum absolute atomic E-state index is 0.0524. The van der Waals surface area contributed by atoms with E-state index in [0.717, 1.165) is 0 Å². The van der Waals surface area contributed by atoms with Crippen molar-refractivity contribution in [3.8, 4) is 5.75 Å². The Labute approximate surface area is 106 Å². The van der Waals surface area contributed by atoms with Crippen LogP contribution in [0.25, 0.3) is 0 Å². The number of carboxylic acid groups (broad SMARTS) is 1. The largest absolute Gasteiger partial charge is 0.495 e. The maximum atomic E-state index is 13.3. The molecule has 18 heavy (non-hydrogen) atoms. The zero-order chi connectivity index (χ0) is 13.9. The van der Waals surface area contributed by atoms with Gasteiger partial charge in [-0.25, -0.2) is 4.39 Å². The van der Waals surface area contributed by atoms with Crippen LogP contribution in [0, 0.1) is 5.82 Å². The van der Waals surface area contributed by atoms with Crippen LogP contribution in [0.3, 0.4) is 0 Å². The van der Waals surface area contributed by atoms with Gasteiger partial charge < -0.3 is 14.7 Å². The molecule has 100 valence electrons. The van der Waals surface area contributed by atoms with E-state index in [0.29, 0.717) is 11.4 Å². The number of carboxylic acids is 1. The highest BCUT2D eigenvalue weighted by atomic mass is 19.1. The molecule has 0 bridgehead atoms. The van der Waals surface area contributed by atoms with Crippen LogP contribution in [-0.4, -0.2) is 30.8 Å². The Hall–Kier alpha value is -1.78. The molecule has 1 N–H and O–H groups in total. The van der Waals surface area contributed by atoms with E-state index in [4.69, 9.17) is 9.84 Å². The molecular formula is C13H18FNO3. The standard InChI is InChI=1S/C13H18FNO3/c1-13(2,8-12(16)17)15(3)10-7-9(14)5-6-11(10)18-4/h5-7H,8H2,1-4H3,(H,16,17). The van der Waals surface area contributed by atoms with Crippen molar-refractivity contribution in [1.82, 2.24) is 0 Å². The van der Waals surface area contributed by atoms with E-state index in [9.17, 15) is 9.18 Å². The number of nitrogens with zero attached hydrogens (tertiary/aromatic N) is 1.